The molecule has 2 rings (SSSR count). The van der Waals surface area contributed by atoms with Crippen LogP contribution in [0, 0.1) is 0 Å². The Morgan fingerprint density at radius 1 is 1.46 bits per heavy atom. The van der Waals surface area contributed by atoms with Crippen molar-refractivity contribution in [3.8, 4) is 5.75 Å². The van der Waals surface area contributed by atoms with E-state index in [2.05, 4.69) is 15.9 Å². The topological polar surface area (TPSA) is 57.5 Å². The Morgan fingerprint density at radius 2 is 2.15 bits per heavy atom. The zero-order chi connectivity index (χ0) is 9.59. The van der Waals surface area contributed by atoms with Crippen molar-refractivity contribution < 1.29 is 15.0 Å². The summed E-state index contributed by atoms with van der Waals surface area (Å²) in [7, 11) is 0. The zero-order valence-electron chi connectivity index (χ0n) is 6.07. The Bertz CT molecular complexity index is 485. The van der Waals surface area contributed by atoms with Gasteiger partial charge in [0.05, 0.1) is 13.2 Å². The third kappa shape index (κ3) is 1.34. The number of halogens is 1. The van der Waals surface area contributed by atoms with E-state index in [0.717, 1.165) is 19.8 Å². The summed E-state index contributed by atoms with van der Waals surface area (Å²) in [6.07, 6.45) is 0. The maximum atomic E-state index is 10.6. The summed E-state index contributed by atoms with van der Waals surface area (Å²) >= 11 is 5.68. The molecule has 0 saturated carbocycles. The van der Waals surface area contributed by atoms with Gasteiger partial charge in [0.15, 0.2) is 10.6 Å². The van der Waals surface area contributed by atoms with Crippen LogP contribution >= 0.6 is 38.6 Å². The smallest absolute Gasteiger partial charge is 0.349 e. The Morgan fingerprint density at radius 3 is 2.69 bits per heavy atom. The number of rotatable bonds is 1. The van der Waals surface area contributed by atoms with Gasteiger partial charge in [-0.05, 0) is 22.0 Å². The second-order valence-corrected chi connectivity index (χ2v) is 5.81. The van der Waals surface area contributed by atoms with E-state index in [1.807, 2.05) is 0 Å². The van der Waals surface area contributed by atoms with Gasteiger partial charge in [-0.2, -0.15) is 0 Å². The highest BCUT2D eigenvalue weighted by molar-refractivity contribution is 9.11. The van der Waals surface area contributed by atoms with E-state index in [-0.39, 0.29) is 10.6 Å². The van der Waals surface area contributed by atoms with Crippen LogP contribution in [0.25, 0.3) is 9.40 Å². The number of aromatic hydroxyl groups is 1. The highest BCUT2D eigenvalue weighted by atomic mass is 79.9. The van der Waals surface area contributed by atoms with Crippen LogP contribution in [0.1, 0.15) is 9.67 Å². The molecule has 0 unspecified atom stereocenters. The molecule has 0 aliphatic carbocycles. The van der Waals surface area contributed by atoms with Crippen LogP contribution in [0.5, 0.6) is 5.75 Å². The minimum Gasteiger partial charge on any atom is -0.505 e. The number of thiophene rings is 2. The quantitative estimate of drug-likeness (QED) is 0.843. The van der Waals surface area contributed by atoms with Crippen molar-refractivity contribution in [2.75, 3.05) is 0 Å². The molecule has 0 bridgehead atoms. The number of fused-ring (bicyclic) bond motifs is 1. The van der Waals surface area contributed by atoms with Crippen molar-refractivity contribution in [2.45, 2.75) is 0 Å². The van der Waals surface area contributed by atoms with E-state index >= 15 is 0 Å². The van der Waals surface area contributed by atoms with Gasteiger partial charge in [-0.3, -0.25) is 0 Å². The van der Waals surface area contributed by atoms with Gasteiger partial charge in [-0.25, -0.2) is 4.79 Å². The summed E-state index contributed by atoms with van der Waals surface area (Å²) < 4.78 is 2.32. The molecule has 2 aromatic heterocycles. The lowest BCUT2D eigenvalue weighted by Crippen LogP contribution is -1.90. The van der Waals surface area contributed by atoms with Crippen LogP contribution in [-0.4, -0.2) is 16.2 Å². The van der Waals surface area contributed by atoms with Crippen LogP contribution in [0.3, 0.4) is 0 Å². The summed E-state index contributed by atoms with van der Waals surface area (Å²) in [5, 5.41) is 18.2. The molecule has 0 atom stereocenters. The van der Waals surface area contributed by atoms with Crippen molar-refractivity contribution in [1.82, 2.24) is 0 Å². The Kier molecular flexibility index (Phi) is 2.05. The van der Waals surface area contributed by atoms with Crippen molar-refractivity contribution in [2.24, 2.45) is 0 Å². The number of hydrogen-bond donors (Lipinski definition) is 2. The molecule has 0 radical (unpaired) electrons. The molecule has 0 aliphatic heterocycles. The molecule has 0 saturated heterocycles. The maximum Gasteiger partial charge on any atom is 0.349 e. The normalized spacial score (nSPS) is 10.8. The third-order valence-electron chi connectivity index (χ3n) is 1.50. The fourth-order valence-corrected chi connectivity index (χ4v) is 3.85. The zero-order valence-corrected chi connectivity index (χ0v) is 9.29. The molecule has 3 nitrogen and oxygen atoms in total. The monoisotopic (exact) mass is 278 g/mol. The average Bonchev–Trinajstić information content (AvgIpc) is 2.51. The van der Waals surface area contributed by atoms with Gasteiger partial charge >= 0.3 is 5.97 Å². The first kappa shape index (κ1) is 8.98. The van der Waals surface area contributed by atoms with Crippen molar-refractivity contribution >= 4 is 54.0 Å². The van der Waals surface area contributed by atoms with Crippen LogP contribution in [-0.2, 0) is 0 Å². The average molecular weight is 279 g/mol. The van der Waals surface area contributed by atoms with E-state index in [1.165, 1.54) is 11.3 Å². The lowest BCUT2D eigenvalue weighted by atomic mass is 10.4. The highest BCUT2D eigenvalue weighted by Crippen LogP contribution is 2.43. The second kappa shape index (κ2) is 2.97. The molecule has 2 N–H and O–H groups in total. The van der Waals surface area contributed by atoms with Gasteiger partial charge in [0.25, 0.3) is 0 Å². The SMILES string of the molecule is O=C(O)c1sc2cc(Br)sc2c1O. The van der Waals surface area contributed by atoms with Crippen molar-refractivity contribution in [3.63, 3.8) is 0 Å². The van der Waals surface area contributed by atoms with Gasteiger partial charge < -0.3 is 10.2 Å². The second-order valence-electron chi connectivity index (χ2n) is 2.33. The standard InChI is InChI=1S/C7H3BrO3S2/c8-3-1-2-5(13-3)4(9)6(12-2)7(10)11/h1,9H,(H,10,11). The van der Waals surface area contributed by atoms with Gasteiger partial charge in [0, 0.05) is 0 Å². The van der Waals surface area contributed by atoms with Gasteiger partial charge in [0.1, 0.15) is 0 Å². The lowest BCUT2D eigenvalue weighted by molar-refractivity contribution is 0.0699. The molecule has 68 valence electrons. The largest absolute Gasteiger partial charge is 0.505 e. The lowest BCUT2D eigenvalue weighted by Gasteiger charge is -1.87. The number of carbonyl (C=O) groups is 1. The molecule has 0 aliphatic rings. The molecule has 6 heteroatoms. The number of carboxylic acid groups (broad SMARTS) is 1. The van der Waals surface area contributed by atoms with E-state index in [1.54, 1.807) is 6.07 Å². The Hall–Kier alpha value is -0.590. The molecule has 0 fully saturated rings. The van der Waals surface area contributed by atoms with Crippen LogP contribution in [0.4, 0.5) is 0 Å². The fraction of sp³-hybridized carbons (Fsp3) is 0. The van der Waals surface area contributed by atoms with Crippen LogP contribution in [0.2, 0.25) is 0 Å². The first-order valence-electron chi connectivity index (χ1n) is 3.23. The predicted octanol–water partition coefficient (Wildman–Crippen LogP) is 3.13. The highest BCUT2D eigenvalue weighted by Gasteiger charge is 2.18. The summed E-state index contributed by atoms with van der Waals surface area (Å²) in [5.74, 6) is -1.20. The minimum atomic E-state index is -1.08. The third-order valence-corrected chi connectivity index (χ3v) is 4.39. The van der Waals surface area contributed by atoms with Crippen molar-refractivity contribution in [1.29, 1.82) is 0 Å². The molecular weight excluding hydrogens is 276 g/mol. The number of aromatic carboxylic acids is 1. The molecular formula is C7H3BrO3S2. The van der Waals surface area contributed by atoms with Crippen LogP contribution < -0.4 is 0 Å². The molecule has 13 heavy (non-hydrogen) atoms. The van der Waals surface area contributed by atoms with Gasteiger partial charge in [-0.1, -0.05) is 0 Å². The molecule has 0 spiro atoms. The van der Waals surface area contributed by atoms with Gasteiger partial charge in [-0.15, -0.1) is 22.7 Å². The van der Waals surface area contributed by atoms with E-state index in [9.17, 15) is 9.90 Å². The predicted molar refractivity (Wildman–Crippen MR) is 56.0 cm³/mol. The molecule has 2 heterocycles. The minimum absolute atomic E-state index is 0.00810. The van der Waals surface area contributed by atoms with Gasteiger partial charge in [0.2, 0.25) is 0 Å². The first-order valence-corrected chi connectivity index (χ1v) is 5.66. The summed E-state index contributed by atoms with van der Waals surface area (Å²) in [5.41, 5.74) is 0. The van der Waals surface area contributed by atoms with E-state index < -0.39 is 5.97 Å². The molecule has 0 amide bonds. The van der Waals surface area contributed by atoms with E-state index in [4.69, 9.17) is 5.11 Å². The summed E-state index contributed by atoms with van der Waals surface area (Å²) in [4.78, 5) is 10.6. The molecule has 2 aromatic rings. The first-order chi connectivity index (χ1) is 6.09. The van der Waals surface area contributed by atoms with E-state index in [0.29, 0.717) is 4.70 Å². The Balaban J connectivity index is 2.76. The Labute approximate surface area is 89.4 Å². The van der Waals surface area contributed by atoms with Crippen molar-refractivity contribution in [3.05, 3.63) is 14.7 Å². The summed E-state index contributed by atoms with van der Waals surface area (Å²) in [6.45, 7) is 0. The number of hydrogen-bond acceptors (Lipinski definition) is 4. The number of carboxylic acids is 1. The fourth-order valence-electron chi connectivity index (χ4n) is 0.993. The van der Waals surface area contributed by atoms with Crippen LogP contribution in [0.15, 0.2) is 9.85 Å². The maximum absolute atomic E-state index is 10.6. The molecule has 0 aromatic carbocycles. The summed E-state index contributed by atoms with van der Waals surface area (Å²) in [6, 6.07) is 1.80.